The summed E-state index contributed by atoms with van der Waals surface area (Å²) in [4.78, 5) is 17.2. The molecule has 1 saturated carbocycles. The van der Waals surface area contributed by atoms with Crippen LogP contribution < -0.4 is 5.32 Å². The summed E-state index contributed by atoms with van der Waals surface area (Å²) in [5, 5.41) is 12.6. The Bertz CT molecular complexity index is 947. The van der Waals surface area contributed by atoms with Crippen LogP contribution in [-0.2, 0) is 18.4 Å². The van der Waals surface area contributed by atoms with Gasteiger partial charge in [0.2, 0.25) is 5.91 Å². The Balaban J connectivity index is 1.46. The maximum Gasteiger partial charge on any atom is 0.231 e. The molecule has 3 aromatic rings. The molecule has 2 aromatic heterocycles. The minimum atomic E-state index is -0.291. The van der Waals surface area contributed by atoms with E-state index in [0.717, 1.165) is 28.9 Å². The van der Waals surface area contributed by atoms with Gasteiger partial charge in [-0.1, -0.05) is 42.1 Å². The van der Waals surface area contributed by atoms with Gasteiger partial charge in [0.05, 0.1) is 5.75 Å². The molecule has 0 aliphatic heterocycles. The Morgan fingerprint density at radius 3 is 2.71 bits per heavy atom. The van der Waals surface area contributed by atoms with Gasteiger partial charge in [0, 0.05) is 31.9 Å². The molecule has 0 spiro atoms. The summed E-state index contributed by atoms with van der Waals surface area (Å²) in [6.45, 7) is 2.91. The van der Waals surface area contributed by atoms with Gasteiger partial charge in [-0.2, -0.15) is 0 Å². The van der Waals surface area contributed by atoms with E-state index in [0.29, 0.717) is 5.92 Å². The zero-order valence-electron chi connectivity index (χ0n) is 16.1. The fourth-order valence-corrected chi connectivity index (χ4v) is 4.10. The molecular weight excluding hydrogens is 372 g/mol. The molecule has 2 heterocycles. The van der Waals surface area contributed by atoms with Crippen molar-refractivity contribution < 1.29 is 4.79 Å². The molecule has 4 rings (SSSR count). The Labute approximate surface area is 168 Å². The number of carbonyl (C=O) groups excluding carboxylic acids is 1. The number of carbonyl (C=O) groups is 1. The second-order valence-electron chi connectivity index (χ2n) is 6.96. The van der Waals surface area contributed by atoms with Crippen molar-refractivity contribution in [1.82, 2.24) is 29.6 Å². The summed E-state index contributed by atoms with van der Waals surface area (Å²) in [6, 6.07) is 9.61. The molecule has 1 aliphatic rings. The zero-order valence-corrected chi connectivity index (χ0v) is 16.9. The van der Waals surface area contributed by atoms with Gasteiger partial charge in [0.25, 0.3) is 0 Å². The molecule has 0 bridgehead atoms. The molecular formula is C20H24N6OS. The highest BCUT2D eigenvalue weighted by atomic mass is 32.2. The van der Waals surface area contributed by atoms with Crippen LogP contribution in [0.2, 0.25) is 0 Å². The number of benzene rings is 1. The Morgan fingerprint density at radius 1 is 1.29 bits per heavy atom. The zero-order chi connectivity index (χ0) is 19.5. The van der Waals surface area contributed by atoms with Crippen molar-refractivity contribution in [3.05, 3.63) is 59.9 Å². The maximum atomic E-state index is 12.7. The predicted octanol–water partition coefficient (Wildman–Crippen LogP) is 2.91. The summed E-state index contributed by atoms with van der Waals surface area (Å²) in [7, 11) is 1.93. The highest BCUT2D eigenvalue weighted by Gasteiger charge is 2.30. The summed E-state index contributed by atoms with van der Waals surface area (Å²) in [5.74, 6) is 2.64. The molecule has 1 aliphatic carbocycles. The lowest BCUT2D eigenvalue weighted by atomic mass is 10.1. The van der Waals surface area contributed by atoms with Gasteiger partial charge in [-0.05, 0) is 25.3 Å². The number of nitrogens with one attached hydrogen (secondary N) is 1. The van der Waals surface area contributed by atoms with Crippen LogP contribution in [0.3, 0.4) is 0 Å². The van der Waals surface area contributed by atoms with Crippen molar-refractivity contribution in [3.63, 3.8) is 0 Å². The summed E-state index contributed by atoms with van der Waals surface area (Å²) < 4.78 is 4.06. The topological polar surface area (TPSA) is 77.6 Å². The molecule has 1 N–H and O–H groups in total. The van der Waals surface area contributed by atoms with E-state index in [2.05, 4.69) is 32.0 Å². The number of imidazole rings is 1. The average molecular weight is 397 g/mol. The van der Waals surface area contributed by atoms with E-state index in [1.807, 2.05) is 48.1 Å². The molecule has 0 unspecified atom stereocenters. The van der Waals surface area contributed by atoms with Gasteiger partial charge in [0.1, 0.15) is 17.7 Å². The van der Waals surface area contributed by atoms with Crippen molar-refractivity contribution in [2.45, 2.75) is 43.4 Å². The molecule has 1 fully saturated rings. The largest absolute Gasteiger partial charge is 0.341 e. The van der Waals surface area contributed by atoms with Crippen molar-refractivity contribution in [2.75, 3.05) is 5.75 Å². The van der Waals surface area contributed by atoms with Crippen LogP contribution >= 0.6 is 11.8 Å². The van der Waals surface area contributed by atoms with Crippen molar-refractivity contribution >= 4 is 17.7 Å². The summed E-state index contributed by atoms with van der Waals surface area (Å²) in [5.41, 5.74) is 1.00. The highest BCUT2D eigenvalue weighted by molar-refractivity contribution is 7.99. The Hall–Kier alpha value is -2.61. The molecule has 1 aromatic carbocycles. The van der Waals surface area contributed by atoms with E-state index in [1.54, 1.807) is 6.20 Å². The third-order valence-corrected chi connectivity index (χ3v) is 5.86. The Morgan fingerprint density at radius 2 is 2.07 bits per heavy atom. The van der Waals surface area contributed by atoms with Crippen molar-refractivity contribution in [1.29, 1.82) is 0 Å². The van der Waals surface area contributed by atoms with Crippen LogP contribution in [0.5, 0.6) is 0 Å². The minimum absolute atomic E-state index is 0.0551. The smallest absolute Gasteiger partial charge is 0.231 e. The van der Waals surface area contributed by atoms with Crippen molar-refractivity contribution in [3.8, 4) is 0 Å². The van der Waals surface area contributed by atoms with E-state index >= 15 is 0 Å². The number of rotatable bonds is 8. The van der Waals surface area contributed by atoms with Crippen LogP contribution in [0.1, 0.15) is 48.9 Å². The SMILES string of the molecule is CCn1c(SCC(=O)N[C@@H](c2ccccc2)c2nccn2C)nnc1C1CC1. The normalized spacial score (nSPS) is 14.8. The maximum absolute atomic E-state index is 12.7. The highest BCUT2D eigenvalue weighted by Crippen LogP contribution is 2.40. The van der Waals surface area contributed by atoms with Gasteiger partial charge < -0.3 is 14.5 Å². The lowest BCUT2D eigenvalue weighted by Crippen LogP contribution is -2.32. The molecule has 0 saturated heterocycles. The van der Waals surface area contributed by atoms with Gasteiger partial charge >= 0.3 is 0 Å². The van der Waals surface area contributed by atoms with Crippen LogP contribution in [0, 0.1) is 0 Å². The number of aryl methyl sites for hydroxylation is 1. The number of hydrogen-bond acceptors (Lipinski definition) is 5. The number of amides is 1. The van der Waals surface area contributed by atoms with E-state index in [9.17, 15) is 4.79 Å². The Kier molecular flexibility index (Phi) is 5.47. The van der Waals surface area contributed by atoms with Crippen LogP contribution in [-0.4, -0.2) is 36.0 Å². The monoisotopic (exact) mass is 396 g/mol. The first kappa shape index (κ1) is 18.7. The first-order valence-corrected chi connectivity index (χ1v) is 10.5. The third kappa shape index (κ3) is 3.96. The minimum Gasteiger partial charge on any atom is -0.341 e. The van der Waals surface area contributed by atoms with Gasteiger partial charge in [-0.15, -0.1) is 10.2 Å². The lowest BCUT2D eigenvalue weighted by molar-refractivity contribution is -0.119. The van der Waals surface area contributed by atoms with Crippen molar-refractivity contribution in [2.24, 2.45) is 7.05 Å². The number of hydrogen-bond donors (Lipinski definition) is 1. The van der Waals surface area contributed by atoms with Crippen LogP contribution in [0.15, 0.2) is 47.9 Å². The summed E-state index contributed by atoms with van der Waals surface area (Å²) in [6.07, 6.45) is 6.00. The average Bonchev–Trinajstić information content (AvgIpc) is 3.34. The van der Waals surface area contributed by atoms with Gasteiger partial charge in [0.15, 0.2) is 5.16 Å². The van der Waals surface area contributed by atoms with Gasteiger partial charge in [-0.3, -0.25) is 4.79 Å². The van der Waals surface area contributed by atoms with E-state index in [4.69, 9.17) is 0 Å². The fourth-order valence-electron chi connectivity index (χ4n) is 3.28. The molecule has 28 heavy (non-hydrogen) atoms. The lowest BCUT2D eigenvalue weighted by Gasteiger charge is -2.19. The van der Waals surface area contributed by atoms with E-state index in [1.165, 1.54) is 24.6 Å². The second-order valence-corrected chi connectivity index (χ2v) is 7.90. The summed E-state index contributed by atoms with van der Waals surface area (Å²) >= 11 is 1.43. The number of thioether (sulfide) groups is 1. The van der Waals surface area contributed by atoms with E-state index < -0.39 is 0 Å². The predicted molar refractivity (Wildman–Crippen MR) is 108 cm³/mol. The third-order valence-electron chi connectivity index (χ3n) is 4.89. The number of nitrogens with zero attached hydrogens (tertiary/aromatic N) is 5. The molecule has 1 atom stereocenters. The van der Waals surface area contributed by atoms with Gasteiger partial charge in [-0.25, -0.2) is 4.98 Å². The first-order chi connectivity index (χ1) is 13.7. The van der Waals surface area contributed by atoms with Crippen LogP contribution in [0.4, 0.5) is 0 Å². The molecule has 146 valence electrons. The standard InChI is InChI=1S/C20H24N6OS/c1-3-26-18(15-9-10-15)23-24-20(26)28-13-16(27)22-17(14-7-5-4-6-8-14)19-21-11-12-25(19)2/h4-8,11-12,15,17H,3,9-10,13H2,1-2H3,(H,22,27)/t17-/m0/s1. The first-order valence-electron chi connectivity index (χ1n) is 9.54. The molecule has 0 radical (unpaired) electrons. The number of aromatic nitrogens is 5. The molecule has 7 nitrogen and oxygen atoms in total. The van der Waals surface area contributed by atoms with Crippen LogP contribution in [0.25, 0.3) is 0 Å². The molecule has 1 amide bonds. The fraction of sp³-hybridized carbons (Fsp3) is 0.400. The van der Waals surface area contributed by atoms with E-state index in [-0.39, 0.29) is 17.7 Å². The second kappa shape index (κ2) is 8.18. The molecule has 8 heteroatoms. The quantitative estimate of drug-likeness (QED) is 0.593.